The van der Waals surface area contributed by atoms with Gasteiger partial charge in [0.1, 0.15) is 11.6 Å². The van der Waals surface area contributed by atoms with E-state index in [0.717, 1.165) is 10.9 Å². The Morgan fingerprint density at radius 2 is 2.10 bits per heavy atom. The molecule has 0 aliphatic heterocycles. The van der Waals surface area contributed by atoms with Crippen LogP contribution in [0.15, 0.2) is 50.8 Å². The number of fused-ring (bicyclic) bond motifs is 1. The summed E-state index contributed by atoms with van der Waals surface area (Å²) in [6.45, 7) is 3.59. The Morgan fingerprint density at radius 3 is 2.77 bits per heavy atom. The summed E-state index contributed by atoms with van der Waals surface area (Å²) < 4.78 is 12.3. The second-order valence-corrected chi connectivity index (χ2v) is 8.10. The average Bonchev–Trinajstić information content (AvgIpc) is 2.75. The van der Waals surface area contributed by atoms with Gasteiger partial charge in [0.05, 0.1) is 29.2 Å². The molecular formula is C22H21BrClN3O4. The molecular weight excluding hydrogens is 486 g/mol. The molecule has 0 aliphatic rings. The van der Waals surface area contributed by atoms with Crippen molar-refractivity contribution in [1.29, 1.82) is 0 Å². The number of methoxy groups -OCH3 is 1. The van der Waals surface area contributed by atoms with E-state index >= 15 is 0 Å². The van der Waals surface area contributed by atoms with Crippen LogP contribution in [-0.4, -0.2) is 35.1 Å². The predicted molar refractivity (Wildman–Crippen MR) is 124 cm³/mol. The summed E-state index contributed by atoms with van der Waals surface area (Å²) in [5.41, 5.74) is 1.04. The van der Waals surface area contributed by atoms with E-state index in [2.05, 4.69) is 30.8 Å². The van der Waals surface area contributed by atoms with E-state index in [1.807, 2.05) is 19.1 Å². The van der Waals surface area contributed by atoms with Gasteiger partial charge in [-0.1, -0.05) is 34.5 Å². The van der Waals surface area contributed by atoms with E-state index in [0.29, 0.717) is 39.5 Å². The fourth-order valence-corrected chi connectivity index (χ4v) is 3.52. The van der Waals surface area contributed by atoms with Crippen LogP contribution in [0.4, 0.5) is 0 Å². The number of esters is 1. The Balaban J connectivity index is 1.94. The highest BCUT2D eigenvalue weighted by Gasteiger charge is 2.16. The van der Waals surface area contributed by atoms with Crippen LogP contribution >= 0.6 is 27.5 Å². The fourth-order valence-electron chi connectivity index (χ4n) is 2.92. The first-order chi connectivity index (χ1) is 14.8. The van der Waals surface area contributed by atoms with Crippen LogP contribution in [0.25, 0.3) is 10.9 Å². The molecule has 0 saturated heterocycles. The molecule has 0 amide bonds. The van der Waals surface area contributed by atoms with Crippen molar-refractivity contribution in [2.24, 2.45) is 5.10 Å². The summed E-state index contributed by atoms with van der Waals surface area (Å²) >= 11 is 9.68. The predicted octanol–water partition coefficient (Wildman–Crippen LogP) is 4.59. The number of carbonyl (C=O) groups is 1. The van der Waals surface area contributed by atoms with E-state index in [1.165, 1.54) is 18.0 Å². The minimum atomic E-state index is -0.791. The monoisotopic (exact) mass is 505 g/mol. The molecule has 3 rings (SSSR count). The number of hydrogen-bond acceptors (Lipinski definition) is 6. The minimum absolute atomic E-state index is 0.246. The van der Waals surface area contributed by atoms with E-state index in [1.54, 1.807) is 31.2 Å². The first-order valence-electron chi connectivity index (χ1n) is 9.63. The van der Waals surface area contributed by atoms with E-state index in [-0.39, 0.29) is 5.56 Å². The molecule has 0 aliphatic carbocycles. The highest BCUT2D eigenvalue weighted by Crippen LogP contribution is 2.26. The summed E-state index contributed by atoms with van der Waals surface area (Å²) in [5.74, 6) is 0.425. The Bertz CT molecular complexity index is 1210. The maximum absolute atomic E-state index is 13.0. The second-order valence-electron chi connectivity index (χ2n) is 6.77. The summed E-state index contributed by atoms with van der Waals surface area (Å²) in [6, 6.07) is 10.4. The molecule has 2 aromatic carbocycles. The number of nitrogens with zero attached hydrogens (tertiary/aromatic N) is 3. The van der Waals surface area contributed by atoms with Gasteiger partial charge in [0.15, 0.2) is 6.10 Å². The molecule has 7 nitrogen and oxygen atoms in total. The average molecular weight is 507 g/mol. The molecule has 0 spiro atoms. The third-order valence-corrected chi connectivity index (χ3v) is 5.25. The van der Waals surface area contributed by atoms with E-state index in [9.17, 15) is 9.59 Å². The lowest BCUT2D eigenvalue weighted by atomic mass is 10.2. The number of carbonyl (C=O) groups excluding carboxylic acids is 1. The minimum Gasteiger partial charge on any atom is -0.477 e. The fraction of sp³-hybridized carbons (Fsp3) is 0.273. The number of hydrogen-bond donors (Lipinski definition) is 0. The summed E-state index contributed by atoms with van der Waals surface area (Å²) in [6.07, 6.45) is 2.17. The van der Waals surface area contributed by atoms with Gasteiger partial charge in [-0.15, -0.1) is 0 Å². The Kier molecular flexibility index (Phi) is 7.46. The molecule has 0 fully saturated rings. The van der Waals surface area contributed by atoms with Crippen LogP contribution in [-0.2, 0) is 16.0 Å². The van der Waals surface area contributed by atoms with Gasteiger partial charge >= 0.3 is 5.97 Å². The molecule has 0 unspecified atom stereocenters. The maximum Gasteiger partial charge on any atom is 0.346 e. The molecule has 0 saturated carbocycles. The molecule has 1 heterocycles. The van der Waals surface area contributed by atoms with Gasteiger partial charge in [0.25, 0.3) is 5.56 Å². The van der Waals surface area contributed by atoms with Crippen molar-refractivity contribution in [2.45, 2.75) is 32.8 Å². The van der Waals surface area contributed by atoms with Crippen molar-refractivity contribution in [3.05, 3.63) is 67.6 Å². The topological polar surface area (TPSA) is 82.8 Å². The van der Waals surface area contributed by atoms with Gasteiger partial charge in [-0.25, -0.2) is 9.78 Å². The SMILES string of the molecule is CCCc1nc2ccc(Br)cc2c(=O)n1N=Cc1ccc(O[C@H](C)C(=O)OC)c(Cl)c1. The van der Waals surface area contributed by atoms with Crippen molar-refractivity contribution in [2.75, 3.05) is 7.11 Å². The molecule has 0 N–H and O–H groups in total. The van der Waals surface area contributed by atoms with Crippen LogP contribution in [0, 0.1) is 0 Å². The summed E-state index contributed by atoms with van der Waals surface area (Å²) in [5, 5.41) is 5.16. The molecule has 9 heteroatoms. The summed E-state index contributed by atoms with van der Waals surface area (Å²) in [7, 11) is 1.29. The first kappa shape index (κ1) is 23.0. The Hall–Kier alpha value is -2.71. The van der Waals surface area contributed by atoms with Crippen LogP contribution < -0.4 is 10.3 Å². The summed E-state index contributed by atoms with van der Waals surface area (Å²) in [4.78, 5) is 29.2. The van der Waals surface area contributed by atoms with Crippen LogP contribution in [0.2, 0.25) is 5.02 Å². The lowest BCUT2D eigenvalue weighted by Gasteiger charge is -2.13. The molecule has 3 aromatic rings. The Morgan fingerprint density at radius 1 is 1.32 bits per heavy atom. The van der Waals surface area contributed by atoms with Crippen LogP contribution in [0.5, 0.6) is 5.75 Å². The smallest absolute Gasteiger partial charge is 0.346 e. The second kappa shape index (κ2) is 10.1. The van der Waals surface area contributed by atoms with Crippen LogP contribution in [0.1, 0.15) is 31.7 Å². The molecule has 1 aromatic heterocycles. The first-order valence-corrected chi connectivity index (χ1v) is 10.8. The molecule has 162 valence electrons. The van der Waals surface area contributed by atoms with Crippen molar-refractivity contribution in [1.82, 2.24) is 9.66 Å². The quantitative estimate of drug-likeness (QED) is 0.346. The van der Waals surface area contributed by atoms with Gasteiger partial charge in [-0.2, -0.15) is 9.78 Å². The third-order valence-electron chi connectivity index (χ3n) is 4.46. The molecule has 0 radical (unpaired) electrons. The maximum atomic E-state index is 13.0. The molecule has 1 atom stereocenters. The zero-order valence-electron chi connectivity index (χ0n) is 17.3. The van der Waals surface area contributed by atoms with Gasteiger partial charge in [-0.05, 0) is 55.3 Å². The normalized spacial score (nSPS) is 12.3. The standard InChI is InChI=1S/C22H21BrClN3O4/c1-4-5-20-26-18-8-7-15(23)11-16(18)21(28)27(20)25-12-14-6-9-19(17(24)10-14)31-13(2)22(29)30-3/h6-13H,4-5H2,1-3H3/t13-/m1/s1. The number of rotatable bonds is 7. The van der Waals surface area contributed by atoms with E-state index in [4.69, 9.17) is 16.3 Å². The van der Waals surface area contributed by atoms with E-state index < -0.39 is 12.1 Å². The van der Waals surface area contributed by atoms with Gasteiger partial charge in [0, 0.05) is 10.9 Å². The lowest BCUT2D eigenvalue weighted by molar-refractivity contribution is -0.147. The van der Waals surface area contributed by atoms with Crippen molar-refractivity contribution in [3.8, 4) is 5.75 Å². The largest absolute Gasteiger partial charge is 0.477 e. The van der Waals surface area contributed by atoms with Crippen molar-refractivity contribution in [3.63, 3.8) is 0 Å². The highest BCUT2D eigenvalue weighted by molar-refractivity contribution is 9.10. The number of aryl methyl sites for hydroxylation is 1. The van der Waals surface area contributed by atoms with Gasteiger partial charge in [0.2, 0.25) is 0 Å². The third kappa shape index (κ3) is 5.32. The molecule has 0 bridgehead atoms. The number of benzene rings is 2. The van der Waals surface area contributed by atoms with Crippen molar-refractivity contribution < 1.29 is 14.3 Å². The zero-order chi connectivity index (χ0) is 22.5. The highest BCUT2D eigenvalue weighted by atomic mass is 79.9. The number of halogens is 2. The lowest BCUT2D eigenvalue weighted by Crippen LogP contribution is -2.25. The van der Waals surface area contributed by atoms with Crippen LogP contribution in [0.3, 0.4) is 0 Å². The number of aromatic nitrogens is 2. The Labute approximate surface area is 192 Å². The van der Waals surface area contributed by atoms with Gasteiger partial charge < -0.3 is 9.47 Å². The molecule has 31 heavy (non-hydrogen) atoms. The zero-order valence-corrected chi connectivity index (χ0v) is 19.6. The van der Waals surface area contributed by atoms with Gasteiger partial charge in [-0.3, -0.25) is 4.79 Å². The number of ether oxygens (including phenoxy) is 2. The van der Waals surface area contributed by atoms with Crippen molar-refractivity contribution >= 4 is 50.6 Å².